The van der Waals surface area contributed by atoms with Crippen LogP contribution >= 0.6 is 0 Å². The first kappa shape index (κ1) is 9.88. The van der Waals surface area contributed by atoms with E-state index in [2.05, 4.69) is 11.3 Å². The van der Waals surface area contributed by atoms with Crippen molar-refractivity contribution in [3.8, 4) is 0 Å². The number of ether oxygens (including phenoxy) is 1. The van der Waals surface area contributed by atoms with Gasteiger partial charge in [-0.2, -0.15) is 0 Å². The van der Waals surface area contributed by atoms with Crippen LogP contribution in [0.2, 0.25) is 0 Å². The van der Waals surface area contributed by atoms with Gasteiger partial charge in [-0.1, -0.05) is 6.58 Å². The van der Waals surface area contributed by atoms with Crippen LogP contribution in [0.1, 0.15) is 19.8 Å². The van der Waals surface area contributed by atoms with E-state index in [1.807, 2.05) is 0 Å². The minimum Gasteiger partial charge on any atom is -0.463 e. The van der Waals surface area contributed by atoms with Gasteiger partial charge in [-0.15, -0.1) is 0 Å². The molecule has 0 aromatic carbocycles. The molecule has 0 unspecified atom stereocenters. The second-order valence-corrected chi connectivity index (χ2v) is 2.18. The summed E-state index contributed by atoms with van der Waals surface area (Å²) in [4.78, 5) is 20.8. The number of hydrogen-bond donors (Lipinski definition) is 0. The molecular formula is C8H12O3. The third-order valence-electron chi connectivity index (χ3n) is 1.08. The van der Waals surface area contributed by atoms with Crippen molar-refractivity contribution in [2.24, 2.45) is 0 Å². The first-order valence-corrected chi connectivity index (χ1v) is 3.45. The number of ketones is 1. The Morgan fingerprint density at radius 1 is 1.55 bits per heavy atom. The summed E-state index contributed by atoms with van der Waals surface area (Å²) in [5.41, 5.74) is 0. The second kappa shape index (κ2) is 5.65. The van der Waals surface area contributed by atoms with E-state index < -0.39 is 5.97 Å². The van der Waals surface area contributed by atoms with E-state index in [1.54, 1.807) is 0 Å². The van der Waals surface area contributed by atoms with Crippen molar-refractivity contribution >= 4 is 11.8 Å². The molecule has 3 heteroatoms. The van der Waals surface area contributed by atoms with Crippen LogP contribution in [0, 0.1) is 0 Å². The summed E-state index contributed by atoms with van der Waals surface area (Å²) in [6, 6.07) is 0. The molecule has 0 amide bonds. The molecular weight excluding hydrogens is 144 g/mol. The summed E-state index contributed by atoms with van der Waals surface area (Å²) in [5.74, 6) is -0.326. The topological polar surface area (TPSA) is 43.4 Å². The van der Waals surface area contributed by atoms with Crippen molar-refractivity contribution < 1.29 is 14.3 Å². The molecule has 3 nitrogen and oxygen atoms in total. The van der Waals surface area contributed by atoms with E-state index in [4.69, 9.17) is 0 Å². The zero-order chi connectivity index (χ0) is 8.69. The molecule has 0 radical (unpaired) electrons. The lowest BCUT2D eigenvalue weighted by Crippen LogP contribution is -2.03. The van der Waals surface area contributed by atoms with Crippen molar-refractivity contribution in [2.45, 2.75) is 19.8 Å². The Morgan fingerprint density at radius 2 is 2.18 bits per heavy atom. The molecule has 0 aliphatic rings. The van der Waals surface area contributed by atoms with Gasteiger partial charge in [-0.25, -0.2) is 4.79 Å². The minimum absolute atomic E-state index is 0.111. The smallest absolute Gasteiger partial charge is 0.330 e. The van der Waals surface area contributed by atoms with Crippen LogP contribution in [-0.2, 0) is 14.3 Å². The lowest BCUT2D eigenvalue weighted by atomic mass is 10.2. The molecule has 62 valence electrons. The standard InChI is InChI=1S/C8H12O3/c1-3-8(10)11-6-4-5-7(2)9/h3H,1,4-6H2,2H3. The van der Waals surface area contributed by atoms with Crippen molar-refractivity contribution in [3.63, 3.8) is 0 Å². The summed E-state index contributed by atoms with van der Waals surface area (Å²) in [5, 5.41) is 0. The Hall–Kier alpha value is -1.12. The van der Waals surface area contributed by atoms with E-state index in [9.17, 15) is 9.59 Å². The Morgan fingerprint density at radius 3 is 2.64 bits per heavy atom. The molecule has 0 spiro atoms. The second-order valence-electron chi connectivity index (χ2n) is 2.18. The molecule has 0 aromatic heterocycles. The van der Waals surface area contributed by atoms with E-state index in [-0.39, 0.29) is 5.78 Å². The van der Waals surface area contributed by atoms with Crippen LogP contribution in [0.3, 0.4) is 0 Å². The third kappa shape index (κ3) is 6.77. The van der Waals surface area contributed by atoms with E-state index in [0.29, 0.717) is 19.4 Å². The third-order valence-corrected chi connectivity index (χ3v) is 1.08. The van der Waals surface area contributed by atoms with Gasteiger partial charge in [-0.05, 0) is 13.3 Å². The van der Waals surface area contributed by atoms with Crippen LogP contribution in [0.5, 0.6) is 0 Å². The molecule has 0 aliphatic carbocycles. The van der Waals surface area contributed by atoms with Crippen LogP contribution < -0.4 is 0 Å². The van der Waals surface area contributed by atoms with Crippen molar-refractivity contribution in [2.75, 3.05) is 6.61 Å². The highest BCUT2D eigenvalue weighted by molar-refractivity contribution is 5.81. The van der Waals surface area contributed by atoms with Gasteiger partial charge in [0, 0.05) is 12.5 Å². The highest BCUT2D eigenvalue weighted by Gasteiger charge is 1.96. The normalized spacial score (nSPS) is 8.82. The average molecular weight is 156 g/mol. The fraction of sp³-hybridized carbons (Fsp3) is 0.500. The summed E-state index contributed by atoms with van der Waals surface area (Å²) in [6.07, 6.45) is 2.16. The van der Waals surface area contributed by atoms with Gasteiger partial charge in [0.25, 0.3) is 0 Å². The van der Waals surface area contributed by atoms with Gasteiger partial charge in [0.1, 0.15) is 5.78 Å². The molecule has 0 saturated heterocycles. The van der Waals surface area contributed by atoms with Crippen molar-refractivity contribution in [1.29, 1.82) is 0 Å². The van der Waals surface area contributed by atoms with Crippen molar-refractivity contribution in [3.05, 3.63) is 12.7 Å². The van der Waals surface area contributed by atoms with Crippen LogP contribution in [0.25, 0.3) is 0 Å². The summed E-state index contributed by atoms with van der Waals surface area (Å²) < 4.78 is 4.63. The summed E-state index contributed by atoms with van der Waals surface area (Å²) in [6.45, 7) is 5.04. The zero-order valence-corrected chi connectivity index (χ0v) is 6.63. The quantitative estimate of drug-likeness (QED) is 0.340. The van der Waals surface area contributed by atoms with E-state index >= 15 is 0 Å². The number of carbonyl (C=O) groups is 2. The number of esters is 1. The molecule has 0 aliphatic heterocycles. The fourth-order valence-electron chi connectivity index (χ4n) is 0.553. The molecule has 0 fully saturated rings. The lowest BCUT2D eigenvalue weighted by Gasteiger charge is -1.98. The van der Waals surface area contributed by atoms with E-state index in [0.717, 1.165) is 6.08 Å². The van der Waals surface area contributed by atoms with Crippen LogP contribution in [0.15, 0.2) is 12.7 Å². The largest absolute Gasteiger partial charge is 0.463 e. The first-order chi connectivity index (χ1) is 5.16. The molecule has 11 heavy (non-hydrogen) atoms. The monoisotopic (exact) mass is 156 g/mol. The van der Waals surface area contributed by atoms with Crippen molar-refractivity contribution in [1.82, 2.24) is 0 Å². The fourth-order valence-corrected chi connectivity index (χ4v) is 0.553. The first-order valence-electron chi connectivity index (χ1n) is 3.45. The maximum atomic E-state index is 10.4. The molecule has 0 N–H and O–H groups in total. The minimum atomic E-state index is -0.437. The predicted octanol–water partition coefficient (Wildman–Crippen LogP) is 1.08. The molecule has 0 heterocycles. The Balaban J connectivity index is 3.21. The van der Waals surface area contributed by atoms with Gasteiger partial charge >= 0.3 is 5.97 Å². The van der Waals surface area contributed by atoms with Gasteiger partial charge in [0.2, 0.25) is 0 Å². The highest BCUT2D eigenvalue weighted by atomic mass is 16.5. The number of rotatable bonds is 5. The SMILES string of the molecule is C=CC(=O)OCCCC(C)=O. The highest BCUT2D eigenvalue weighted by Crippen LogP contribution is 1.91. The summed E-state index contributed by atoms with van der Waals surface area (Å²) in [7, 11) is 0. The molecule has 0 atom stereocenters. The molecule has 0 rings (SSSR count). The zero-order valence-electron chi connectivity index (χ0n) is 6.63. The summed E-state index contributed by atoms with van der Waals surface area (Å²) >= 11 is 0. The Labute approximate surface area is 66.0 Å². The van der Waals surface area contributed by atoms with E-state index in [1.165, 1.54) is 6.92 Å². The Bertz CT molecular complexity index is 161. The molecule has 0 saturated carbocycles. The maximum absolute atomic E-state index is 10.4. The number of hydrogen-bond acceptors (Lipinski definition) is 3. The number of carbonyl (C=O) groups excluding carboxylic acids is 2. The lowest BCUT2D eigenvalue weighted by molar-refractivity contribution is -0.138. The van der Waals surface area contributed by atoms with Crippen LogP contribution in [0.4, 0.5) is 0 Å². The maximum Gasteiger partial charge on any atom is 0.330 e. The molecule has 0 aromatic rings. The predicted molar refractivity (Wildman–Crippen MR) is 41.1 cm³/mol. The van der Waals surface area contributed by atoms with Crippen LogP contribution in [-0.4, -0.2) is 18.4 Å². The molecule has 0 bridgehead atoms. The van der Waals surface area contributed by atoms with Gasteiger partial charge in [-0.3, -0.25) is 0 Å². The van der Waals surface area contributed by atoms with Gasteiger partial charge < -0.3 is 9.53 Å². The van der Waals surface area contributed by atoms with Gasteiger partial charge in [0.05, 0.1) is 6.61 Å². The van der Waals surface area contributed by atoms with Gasteiger partial charge in [0.15, 0.2) is 0 Å². The average Bonchev–Trinajstić information content (AvgIpc) is 1.97. The number of Topliss-reactive ketones (excluding diaryl/α,β-unsaturated/α-hetero) is 1. The Kier molecular flexibility index (Phi) is 5.07.